The Bertz CT molecular complexity index is 368. The van der Waals surface area contributed by atoms with Gasteiger partial charge in [-0.25, -0.2) is 0 Å². The summed E-state index contributed by atoms with van der Waals surface area (Å²) in [4.78, 5) is 11.8. The normalized spacial score (nSPS) is 10.2. The standard InChI is InChI=1S/C11H14ClNO3/c1-16-11-3-2-8(12)6-9(11)10(15)7-13-4-5-14/h2-3,6,13-14H,4-5,7H2,1H3. The first kappa shape index (κ1) is 13.0. The van der Waals surface area contributed by atoms with Gasteiger partial charge in [-0.2, -0.15) is 0 Å². The first-order chi connectivity index (χ1) is 7.69. The van der Waals surface area contributed by atoms with E-state index in [1.54, 1.807) is 18.2 Å². The van der Waals surface area contributed by atoms with Gasteiger partial charge in [-0.15, -0.1) is 0 Å². The fourth-order valence-corrected chi connectivity index (χ4v) is 1.45. The van der Waals surface area contributed by atoms with Crippen molar-refractivity contribution in [3.8, 4) is 5.75 Å². The van der Waals surface area contributed by atoms with E-state index in [-0.39, 0.29) is 18.9 Å². The van der Waals surface area contributed by atoms with Gasteiger partial charge in [0.05, 0.1) is 25.8 Å². The van der Waals surface area contributed by atoms with Crippen molar-refractivity contribution in [3.63, 3.8) is 0 Å². The van der Waals surface area contributed by atoms with Crippen molar-refractivity contribution in [2.75, 3.05) is 26.8 Å². The molecule has 0 spiro atoms. The summed E-state index contributed by atoms with van der Waals surface area (Å²) in [5, 5.41) is 11.9. The summed E-state index contributed by atoms with van der Waals surface area (Å²) < 4.78 is 5.07. The number of rotatable bonds is 6. The molecule has 1 aromatic rings. The van der Waals surface area contributed by atoms with Crippen molar-refractivity contribution >= 4 is 17.4 Å². The van der Waals surface area contributed by atoms with E-state index in [0.717, 1.165) is 0 Å². The fourth-order valence-electron chi connectivity index (χ4n) is 1.27. The van der Waals surface area contributed by atoms with Crippen molar-refractivity contribution in [3.05, 3.63) is 28.8 Å². The molecule has 0 aliphatic rings. The van der Waals surface area contributed by atoms with Crippen LogP contribution in [0.5, 0.6) is 5.75 Å². The van der Waals surface area contributed by atoms with Crippen LogP contribution in [0.4, 0.5) is 0 Å². The van der Waals surface area contributed by atoms with Crippen LogP contribution in [0, 0.1) is 0 Å². The number of aliphatic hydroxyl groups excluding tert-OH is 1. The Kier molecular flexibility index (Phi) is 5.25. The number of aliphatic hydroxyl groups is 1. The summed E-state index contributed by atoms with van der Waals surface area (Å²) in [6, 6.07) is 4.89. The minimum absolute atomic E-state index is 0.0000389. The highest BCUT2D eigenvalue weighted by Crippen LogP contribution is 2.22. The fraction of sp³-hybridized carbons (Fsp3) is 0.364. The molecular formula is C11H14ClNO3. The number of ether oxygens (including phenoxy) is 1. The zero-order valence-electron chi connectivity index (χ0n) is 9.00. The topological polar surface area (TPSA) is 58.6 Å². The van der Waals surface area contributed by atoms with E-state index in [1.165, 1.54) is 7.11 Å². The summed E-state index contributed by atoms with van der Waals surface area (Å²) in [5.74, 6) is 0.382. The molecule has 16 heavy (non-hydrogen) atoms. The summed E-state index contributed by atoms with van der Waals surface area (Å²) >= 11 is 5.81. The molecule has 0 atom stereocenters. The zero-order chi connectivity index (χ0) is 12.0. The van der Waals surface area contributed by atoms with Gasteiger partial charge in [-0.1, -0.05) is 11.6 Å². The van der Waals surface area contributed by atoms with Crippen molar-refractivity contribution in [2.45, 2.75) is 0 Å². The van der Waals surface area contributed by atoms with Crippen LogP contribution in [-0.4, -0.2) is 37.7 Å². The Morgan fingerprint density at radius 1 is 1.56 bits per heavy atom. The monoisotopic (exact) mass is 243 g/mol. The second kappa shape index (κ2) is 6.48. The van der Waals surface area contributed by atoms with Crippen LogP contribution in [0.2, 0.25) is 5.02 Å². The lowest BCUT2D eigenvalue weighted by atomic mass is 10.1. The van der Waals surface area contributed by atoms with E-state index >= 15 is 0 Å². The molecule has 0 aliphatic carbocycles. The van der Waals surface area contributed by atoms with Crippen LogP contribution in [0.15, 0.2) is 18.2 Å². The van der Waals surface area contributed by atoms with Gasteiger partial charge in [0.1, 0.15) is 5.75 Å². The molecule has 0 unspecified atom stereocenters. The smallest absolute Gasteiger partial charge is 0.180 e. The molecule has 0 bridgehead atoms. The maximum atomic E-state index is 11.8. The Hall–Kier alpha value is -1.10. The van der Waals surface area contributed by atoms with Crippen molar-refractivity contribution in [2.24, 2.45) is 0 Å². The lowest BCUT2D eigenvalue weighted by molar-refractivity contribution is 0.0987. The molecule has 0 aromatic heterocycles. The lowest BCUT2D eigenvalue weighted by Gasteiger charge is -2.08. The van der Waals surface area contributed by atoms with Crippen molar-refractivity contribution in [1.82, 2.24) is 5.32 Å². The zero-order valence-corrected chi connectivity index (χ0v) is 9.75. The molecule has 88 valence electrons. The van der Waals surface area contributed by atoms with Crippen LogP contribution in [0.1, 0.15) is 10.4 Å². The molecule has 0 amide bonds. The molecule has 0 aliphatic heterocycles. The molecule has 1 rings (SSSR count). The molecule has 0 saturated heterocycles. The number of carbonyl (C=O) groups is 1. The second-order valence-electron chi connectivity index (χ2n) is 3.17. The highest BCUT2D eigenvalue weighted by Gasteiger charge is 2.12. The molecule has 5 heteroatoms. The van der Waals surface area contributed by atoms with E-state index in [0.29, 0.717) is 22.9 Å². The van der Waals surface area contributed by atoms with Crippen LogP contribution in [0.3, 0.4) is 0 Å². The number of hydrogen-bond donors (Lipinski definition) is 2. The van der Waals surface area contributed by atoms with Gasteiger partial charge < -0.3 is 15.2 Å². The largest absolute Gasteiger partial charge is 0.496 e. The van der Waals surface area contributed by atoms with Crippen molar-refractivity contribution in [1.29, 1.82) is 0 Å². The van der Waals surface area contributed by atoms with Gasteiger partial charge in [0, 0.05) is 11.6 Å². The predicted octanol–water partition coefficient (Wildman–Crippen LogP) is 1.11. The molecule has 2 N–H and O–H groups in total. The van der Waals surface area contributed by atoms with Gasteiger partial charge >= 0.3 is 0 Å². The Balaban J connectivity index is 2.76. The van der Waals surface area contributed by atoms with E-state index < -0.39 is 0 Å². The molecule has 0 saturated carbocycles. The summed E-state index contributed by atoms with van der Waals surface area (Å²) in [6.07, 6.45) is 0. The van der Waals surface area contributed by atoms with E-state index in [1.807, 2.05) is 0 Å². The molecule has 4 nitrogen and oxygen atoms in total. The summed E-state index contributed by atoms with van der Waals surface area (Å²) in [5.41, 5.74) is 0.445. The van der Waals surface area contributed by atoms with Gasteiger partial charge in [0.25, 0.3) is 0 Å². The molecule has 0 fully saturated rings. The summed E-state index contributed by atoms with van der Waals surface area (Å²) in [6.45, 7) is 0.534. The van der Waals surface area contributed by atoms with Crippen LogP contribution >= 0.6 is 11.6 Å². The maximum absolute atomic E-state index is 11.8. The number of benzene rings is 1. The van der Waals surface area contributed by atoms with Gasteiger partial charge in [-0.05, 0) is 18.2 Å². The van der Waals surface area contributed by atoms with Gasteiger partial charge in [-0.3, -0.25) is 4.79 Å². The van der Waals surface area contributed by atoms with Crippen LogP contribution in [0.25, 0.3) is 0 Å². The third-order valence-corrected chi connectivity index (χ3v) is 2.27. The number of halogens is 1. The van der Waals surface area contributed by atoms with Crippen LogP contribution in [-0.2, 0) is 0 Å². The number of nitrogens with one attached hydrogen (secondary N) is 1. The summed E-state index contributed by atoms with van der Waals surface area (Å²) in [7, 11) is 1.50. The van der Waals surface area contributed by atoms with Gasteiger partial charge in [0.2, 0.25) is 0 Å². The SMILES string of the molecule is COc1ccc(Cl)cc1C(=O)CNCCO. The Morgan fingerprint density at radius 2 is 2.31 bits per heavy atom. The third-order valence-electron chi connectivity index (χ3n) is 2.04. The van der Waals surface area contributed by atoms with E-state index in [9.17, 15) is 4.79 Å². The Morgan fingerprint density at radius 3 is 2.94 bits per heavy atom. The van der Waals surface area contributed by atoms with Crippen LogP contribution < -0.4 is 10.1 Å². The number of ketones is 1. The average molecular weight is 244 g/mol. The average Bonchev–Trinajstić information content (AvgIpc) is 2.29. The Labute approximate surface area is 99.2 Å². The minimum atomic E-state index is -0.118. The quantitative estimate of drug-likeness (QED) is 0.581. The van der Waals surface area contributed by atoms with Gasteiger partial charge in [0.15, 0.2) is 5.78 Å². The third kappa shape index (κ3) is 3.48. The number of Topliss-reactive ketones (excluding diaryl/α,β-unsaturated/α-hetero) is 1. The molecule has 0 heterocycles. The maximum Gasteiger partial charge on any atom is 0.180 e. The van der Waals surface area contributed by atoms with Crippen molar-refractivity contribution < 1.29 is 14.6 Å². The second-order valence-corrected chi connectivity index (χ2v) is 3.60. The molecule has 0 radical (unpaired) electrons. The van der Waals surface area contributed by atoms with E-state index in [4.69, 9.17) is 21.4 Å². The molecule has 1 aromatic carbocycles. The number of methoxy groups -OCH3 is 1. The predicted molar refractivity (Wildman–Crippen MR) is 62.3 cm³/mol. The number of hydrogen-bond acceptors (Lipinski definition) is 4. The minimum Gasteiger partial charge on any atom is -0.496 e. The highest BCUT2D eigenvalue weighted by molar-refractivity contribution is 6.31. The first-order valence-electron chi connectivity index (χ1n) is 4.87. The first-order valence-corrected chi connectivity index (χ1v) is 5.25. The lowest BCUT2D eigenvalue weighted by Crippen LogP contribution is -2.26. The highest BCUT2D eigenvalue weighted by atomic mass is 35.5. The van der Waals surface area contributed by atoms with E-state index in [2.05, 4.69) is 5.32 Å². The molecular weight excluding hydrogens is 230 g/mol. The number of carbonyl (C=O) groups excluding carboxylic acids is 1.